The Balaban J connectivity index is 2.26. The van der Waals surface area contributed by atoms with Gasteiger partial charge >= 0.3 is 0 Å². The van der Waals surface area contributed by atoms with Crippen LogP contribution in [0.2, 0.25) is 0 Å². The average molecular weight is 389 g/mol. The van der Waals surface area contributed by atoms with Gasteiger partial charge in [0.15, 0.2) is 5.78 Å². The van der Waals surface area contributed by atoms with Crippen LogP contribution in [0.5, 0.6) is 0 Å². The molecule has 156 valence electrons. The monoisotopic (exact) mass is 388 g/mol. The van der Waals surface area contributed by atoms with Crippen LogP contribution in [0, 0.1) is 5.92 Å². The van der Waals surface area contributed by atoms with Gasteiger partial charge in [-0.15, -0.1) is 0 Å². The normalized spacial score (nSPS) is 16.4. The summed E-state index contributed by atoms with van der Waals surface area (Å²) in [6, 6.07) is 2.02. The molecule has 28 heavy (non-hydrogen) atoms. The molecule has 1 aromatic rings. The van der Waals surface area contributed by atoms with Crippen molar-refractivity contribution in [3.05, 3.63) is 59.6 Å². The van der Waals surface area contributed by atoms with Gasteiger partial charge in [0.25, 0.3) is 0 Å². The van der Waals surface area contributed by atoms with E-state index in [9.17, 15) is 15.0 Å². The predicted molar refractivity (Wildman–Crippen MR) is 114 cm³/mol. The molecule has 0 saturated carbocycles. The Bertz CT molecular complexity index is 652. The van der Waals surface area contributed by atoms with Crippen LogP contribution >= 0.6 is 0 Å². The number of furan rings is 1. The number of aryl methyl sites for hydroxylation is 1. The van der Waals surface area contributed by atoms with Gasteiger partial charge in [-0.3, -0.25) is 4.79 Å². The fourth-order valence-electron chi connectivity index (χ4n) is 2.98. The molecule has 0 aliphatic carbocycles. The number of aliphatic hydroxyl groups is 2. The zero-order chi connectivity index (χ0) is 20.9. The Morgan fingerprint density at radius 3 is 2.61 bits per heavy atom. The summed E-state index contributed by atoms with van der Waals surface area (Å²) in [5.74, 6) is 0.0654. The number of hydrogen-bond acceptors (Lipinski definition) is 4. The highest BCUT2D eigenvalue weighted by molar-refractivity contribution is 5.80. The Kier molecular flexibility index (Phi) is 11.5. The van der Waals surface area contributed by atoms with Gasteiger partial charge in [-0.25, -0.2) is 0 Å². The van der Waals surface area contributed by atoms with E-state index in [1.165, 1.54) is 18.1 Å². The van der Waals surface area contributed by atoms with E-state index >= 15 is 0 Å². The summed E-state index contributed by atoms with van der Waals surface area (Å²) in [6.07, 6.45) is 15.4. The maximum absolute atomic E-state index is 11.1. The molecule has 1 heterocycles. The van der Waals surface area contributed by atoms with Gasteiger partial charge in [0.1, 0.15) is 6.10 Å². The summed E-state index contributed by atoms with van der Waals surface area (Å²) in [4.78, 5) is 11.1. The van der Waals surface area contributed by atoms with Crippen molar-refractivity contribution in [3.63, 3.8) is 0 Å². The lowest BCUT2D eigenvalue weighted by molar-refractivity contribution is -0.130. The summed E-state index contributed by atoms with van der Waals surface area (Å²) < 4.78 is 5.08. The molecule has 1 rings (SSSR count). The minimum atomic E-state index is -1.29. The molecule has 0 radical (unpaired) electrons. The summed E-state index contributed by atoms with van der Waals surface area (Å²) >= 11 is 0. The second kappa shape index (κ2) is 13.3. The first-order valence-corrected chi connectivity index (χ1v) is 10.2. The maximum Gasteiger partial charge on any atom is 0.160 e. The molecule has 3 atom stereocenters. The van der Waals surface area contributed by atoms with Crippen LogP contribution < -0.4 is 0 Å². The lowest BCUT2D eigenvalue weighted by Crippen LogP contribution is -2.32. The lowest BCUT2D eigenvalue weighted by Gasteiger charge is -2.15. The molecule has 0 fully saturated rings. The first-order chi connectivity index (χ1) is 13.3. The number of allylic oxidation sites excluding steroid dienone is 5. The standard InChI is InChI=1S/C24H36O4/c1-18(10-6-12-20(3)16-23(26)24(27)21(4)25)8-5-9-19(2)11-7-13-22-14-15-28-17-22/h5,8-9,12,14-15,17-18,23-24,26-27H,6-7,10-11,13,16H2,1-4H3. The number of carbonyl (C=O) groups excluding carboxylic acids is 1. The van der Waals surface area contributed by atoms with Crippen molar-refractivity contribution in [1.29, 1.82) is 0 Å². The van der Waals surface area contributed by atoms with Crippen molar-refractivity contribution < 1.29 is 19.4 Å². The first kappa shape index (κ1) is 24.1. The molecule has 0 aliphatic rings. The quantitative estimate of drug-likeness (QED) is 0.361. The van der Waals surface area contributed by atoms with E-state index in [-0.39, 0.29) is 0 Å². The minimum absolute atomic E-state index is 0.325. The van der Waals surface area contributed by atoms with Crippen molar-refractivity contribution in [1.82, 2.24) is 0 Å². The third-order valence-electron chi connectivity index (χ3n) is 4.86. The van der Waals surface area contributed by atoms with Crippen LogP contribution in [0.1, 0.15) is 65.4 Å². The topological polar surface area (TPSA) is 70.7 Å². The van der Waals surface area contributed by atoms with Gasteiger partial charge in [0, 0.05) is 0 Å². The average Bonchev–Trinajstić information content (AvgIpc) is 3.14. The Morgan fingerprint density at radius 2 is 1.96 bits per heavy atom. The predicted octanol–water partition coefficient (Wildman–Crippen LogP) is 5.17. The highest BCUT2D eigenvalue weighted by Gasteiger charge is 2.20. The lowest BCUT2D eigenvalue weighted by atomic mass is 9.99. The van der Waals surface area contributed by atoms with E-state index in [0.717, 1.165) is 37.7 Å². The molecule has 1 aromatic heterocycles. The summed E-state index contributed by atoms with van der Waals surface area (Å²) in [7, 11) is 0. The minimum Gasteiger partial charge on any atom is -0.472 e. The molecule has 4 nitrogen and oxygen atoms in total. The van der Waals surface area contributed by atoms with Gasteiger partial charge in [-0.1, -0.05) is 42.4 Å². The largest absolute Gasteiger partial charge is 0.472 e. The SMILES string of the molecule is CC(=O)C(O)C(O)CC(C)=CCCC(C)C=CC=C(C)CCCc1ccoc1. The highest BCUT2D eigenvalue weighted by atomic mass is 16.3. The van der Waals surface area contributed by atoms with Crippen molar-refractivity contribution >= 4 is 5.78 Å². The van der Waals surface area contributed by atoms with Crippen LogP contribution in [0.25, 0.3) is 0 Å². The van der Waals surface area contributed by atoms with E-state index in [1.54, 1.807) is 6.26 Å². The van der Waals surface area contributed by atoms with E-state index in [0.29, 0.717) is 12.3 Å². The highest BCUT2D eigenvalue weighted by Crippen LogP contribution is 2.14. The first-order valence-electron chi connectivity index (χ1n) is 10.2. The zero-order valence-corrected chi connectivity index (χ0v) is 17.7. The van der Waals surface area contributed by atoms with Gasteiger partial charge < -0.3 is 14.6 Å². The maximum atomic E-state index is 11.1. The summed E-state index contributed by atoms with van der Waals surface area (Å²) in [6.45, 7) is 7.57. The van der Waals surface area contributed by atoms with E-state index in [2.05, 4.69) is 38.2 Å². The van der Waals surface area contributed by atoms with E-state index < -0.39 is 18.0 Å². The van der Waals surface area contributed by atoms with Crippen molar-refractivity contribution in [3.8, 4) is 0 Å². The third kappa shape index (κ3) is 10.4. The van der Waals surface area contributed by atoms with Crippen molar-refractivity contribution in [2.45, 2.75) is 78.4 Å². The molecule has 3 unspecified atom stereocenters. The van der Waals surface area contributed by atoms with Gasteiger partial charge in [0.05, 0.1) is 18.6 Å². The van der Waals surface area contributed by atoms with Crippen molar-refractivity contribution in [2.75, 3.05) is 0 Å². The van der Waals surface area contributed by atoms with Crippen LogP contribution in [-0.2, 0) is 11.2 Å². The fraction of sp³-hybridized carbons (Fsp3) is 0.542. The smallest absolute Gasteiger partial charge is 0.160 e. The van der Waals surface area contributed by atoms with Crippen LogP contribution in [0.3, 0.4) is 0 Å². The molecule has 0 bridgehead atoms. The molecule has 0 spiro atoms. The fourth-order valence-corrected chi connectivity index (χ4v) is 2.98. The molecular weight excluding hydrogens is 352 g/mol. The third-order valence-corrected chi connectivity index (χ3v) is 4.86. The molecule has 0 aliphatic heterocycles. The van der Waals surface area contributed by atoms with Crippen LogP contribution in [0.4, 0.5) is 0 Å². The van der Waals surface area contributed by atoms with Gasteiger partial charge in [0.2, 0.25) is 0 Å². The van der Waals surface area contributed by atoms with Crippen molar-refractivity contribution in [2.24, 2.45) is 5.92 Å². The Morgan fingerprint density at radius 1 is 1.21 bits per heavy atom. The number of Topliss-reactive ketones (excluding diaryl/α,β-unsaturated/α-hetero) is 1. The van der Waals surface area contributed by atoms with E-state index in [4.69, 9.17) is 4.42 Å². The summed E-state index contributed by atoms with van der Waals surface area (Å²) in [5.41, 5.74) is 3.63. The number of carbonyl (C=O) groups is 1. The van der Waals surface area contributed by atoms with Gasteiger partial charge in [-0.05, 0) is 76.8 Å². The second-order valence-electron chi connectivity index (χ2n) is 7.82. The molecule has 0 amide bonds. The summed E-state index contributed by atoms with van der Waals surface area (Å²) in [5, 5.41) is 19.4. The molecular formula is C24H36O4. The second-order valence-corrected chi connectivity index (χ2v) is 7.82. The number of aliphatic hydroxyl groups excluding tert-OH is 2. The van der Waals surface area contributed by atoms with E-state index in [1.807, 2.05) is 19.3 Å². The number of rotatable bonds is 13. The molecule has 4 heteroatoms. The van der Waals surface area contributed by atoms with Crippen LogP contribution in [0.15, 0.2) is 58.5 Å². The van der Waals surface area contributed by atoms with Crippen LogP contribution in [-0.4, -0.2) is 28.2 Å². The molecule has 0 aromatic carbocycles. The molecule has 2 N–H and O–H groups in total. The Hall–Kier alpha value is -1.91. The molecule has 0 saturated heterocycles. The number of hydrogen-bond donors (Lipinski definition) is 2. The Labute approximate surface area is 169 Å². The number of ketones is 1. The van der Waals surface area contributed by atoms with Gasteiger partial charge in [-0.2, -0.15) is 0 Å². The zero-order valence-electron chi connectivity index (χ0n) is 17.7.